The summed E-state index contributed by atoms with van der Waals surface area (Å²) in [5, 5.41) is 0. The van der Waals surface area contributed by atoms with Crippen LogP contribution in [0.15, 0.2) is 12.4 Å². The number of anilines is 1. The number of nitrogens with zero attached hydrogens (tertiary/aromatic N) is 3. The van der Waals surface area contributed by atoms with Crippen LogP contribution in [0.4, 0.5) is 5.82 Å². The molecule has 0 unspecified atom stereocenters. The van der Waals surface area contributed by atoms with Gasteiger partial charge in [0.2, 0.25) is 0 Å². The van der Waals surface area contributed by atoms with Crippen LogP contribution in [0.1, 0.15) is 45.2 Å². The van der Waals surface area contributed by atoms with Gasteiger partial charge in [-0.2, -0.15) is 0 Å². The number of nitrogens with two attached hydrogens (primary N) is 1. The molecule has 1 fully saturated rings. The lowest BCUT2D eigenvalue weighted by Crippen LogP contribution is -2.39. The van der Waals surface area contributed by atoms with Crippen LogP contribution in [0, 0.1) is 5.41 Å². The summed E-state index contributed by atoms with van der Waals surface area (Å²) in [5.74, 6) is 0.494. The molecule has 1 aromatic heterocycles. The fourth-order valence-corrected chi connectivity index (χ4v) is 2.82. The first-order valence-electron chi connectivity index (χ1n) is 6.96. The van der Waals surface area contributed by atoms with Gasteiger partial charge in [0.1, 0.15) is 5.82 Å². The van der Waals surface area contributed by atoms with Gasteiger partial charge < -0.3 is 5.73 Å². The Morgan fingerprint density at radius 1 is 1.17 bits per heavy atom. The molecule has 18 heavy (non-hydrogen) atoms. The third kappa shape index (κ3) is 2.99. The van der Waals surface area contributed by atoms with Crippen LogP contribution in [-0.2, 0) is 6.54 Å². The van der Waals surface area contributed by atoms with Gasteiger partial charge in [-0.1, -0.05) is 26.7 Å². The van der Waals surface area contributed by atoms with Crippen molar-refractivity contribution in [1.82, 2.24) is 14.9 Å². The van der Waals surface area contributed by atoms with E-state index in [1.165, 1.54) is 38.8 Å². The summed E-state index contributed by atoms with van der Waals surface area (Å²) < 4.78 is 0. The maximum atomic E-state index is 5.54. The summed E-state index contributed by atoms with van der Waals surface area (Å²) in [6, 6.07) is 0. The van der Waals surface area contributed by atoms with Crippen LogP contribution >= 0.6 is 0 Å². The second-order valence-electron chi connectivity index (χ2n) is 5.42. The van der Waals surface area contributed by atoms with Gasteiger partial charge in [0.05, 0.1) is 18.1 Å². The first-order chi connectivity index (χ1) is 8.67. The number of likely N-dealkylation sites (tertiary alicyclic amines) is 1. The molecule has 1 aliphatic heterocycles. The van der Waals surface area contributed by atoms with Crippen molar-refractivity contribution in [3.05, 3.63) is 18.1 Å². The fourth-order valence-electron chi connectivity index (χ4n) is 2.82. The number of hydrogen-bond donors (Lipinski definition) is 1. The quantitative estimate of drug-likeness (QED) is 0.889. The highest BCUT2D eigenvalue weighted by atomic mass is 15.1. The van der Waals surface area contributed by atoms with Crippen molar-refractivity contribution < 1.29 is 0 Å². The molecule has 4 nitrogen and oxygen atoms in total. The zero-order valence-electron chi connectivity index (χ0n) is 11.5. The molecular formula is C14H24N4. The monoisotopic (exact) mass is 248 g/mol. The molecule has 2 heterocycles. The highest BCUT2D eigenvalue weighted by Gasteiger charge is 2.31. The van der Waals surface area contributed by atoms with E-state index in [-0.39, 0.29) is 0 Å². The molecule has 1 aliphatic rings. The van der Waals surface area contributed by atoms with E-state index in [2.05, 4.69) is 28.7 Å². The number of rotatable bonds is 4. The minimum absolute atomic E-state index is 0.494. The van der Waals surface area contributed by atoms with E-state index in [0.717, 1.165) is 12.2 Å². The van der Waals surface area contributed by atoms with Crippen LogP contribution in [0.25, 0.3) is 0 Å². The zero-order valence-corrected chi connectivity index (χ0v) is 11.5. The van der Waals surface area contributed by atoms with Crippen molar-refractivity contribution >= 4 is 5.82 Å². The van der Waals surface area contributed by atoms with Gasteiger partial charge in [-0.15, -0.1) is 0 Å². The first kappa shape index (κ1) is 13.3. The molecule has 4 heteroatoms. The van der Waals surface area contributed by atoms with Crippen molar-refractivity contribution in [2.45, 2.75) is 46.1 Å². The van der Waals surface area contributed by atoms with E-state index >= 15 is 0 Å². The Hall–Kier alpha value is -1.16. The van der Waals surface area contributed by atoms with Crippen LogP contribution in [0.5, 0.6) is 0 Å². The Balaban J connectivity index is 1.88. The largest absolute Gasteiger partial charge is 0.382 e. The molecule has 1 aromatic rings. The molecule has 0 amide bonds. The Morgan fingerprint density at radius 2 is 1.83 bits per heavy atom. The maximum absolute atomic E-state index is 5.54. The molecule has 2 rings (SSSR count). The number of nitrogen functional groups attached to an aromatic ring is 1. The molecular weight excluding hydrogens is 224 g/mol. The summed E-state index contributed by atoms with van der Waals surface area (Å²) >= 11 is 0. The Labute approximate surface area is 110 Å². The van der Waals surface area contributed by atoms with E-state index in [4.69, 9.17) is 5.73 Å². The minimum atomic E-state index is 0.494. The summed E-state index contributed by atoms with van der Waals surface area (Å²) in [5.41, 5.74) is 7.15. The predicted octanol–water partition coefficient (Wildman–Crippen LogP) is 2.46. The van der Waals surface area contributed by atoms with Crippen molar-refractivity contribution in [2.75, 3.05) is 18.8 Å². The van der Waals surface area contributed by atoms with E-state index in [1.54, 1.807) is 12.4 Å². The lowest BCUT2D eigenvalue weighted by Gasteiger charge is -2.40. The summed E-state index contributed by atoms with van der Waals surface area (Å²) in [6.07, 6.45) is 8.65. The van der Waals surface area contributed by atoms with Crippen LogP contribution in [-0.4, -0.2) is 28.0 Å². The van der Waals surface area contributed by atoms with Gasteiger partial charge in [0.15, 0.2) is 0 Å². The van der Waals surface area contributed by atoms with Crippen molar-refractivity contribution in [1.29, 1.82) is 0 Å². The molecule has 2 N–H and O–H groups in total. The number of hydrogen-bond acceptors (Lipinski definition) is 4. The van der Waals surface area contributed by atoms with E-state index < -0.39 is 0 Å². The van der Waals surface area contributed by atoms with Crippen LogP contribution in [0.3, 0.4) is 0 Å². The third-order valence-electron chi connectivity index (χ3n) is 4.53. The van der Waals surface area contributed by atoms with Gasteiger partial charge >= 0.3 is 0 Å². The molecule has 0 spiro atoms. The van der Waals surface area contributed by atoms with Crippen molar-refractivity contribution in [3.63, 3.8) is 0 Å². The van der Waals surface area contributed by atoms with Crippen LogP contribution < -0.4 is 5.73 Å². The number of aromatic nitrogens is 2. The summed E-state index contributed by atoms with van der Waals surface area (Å²) in [7, 11) is 0. The van der Waals surface area contributed by atoms with Gasteiger partial charge in [0, 0.05) is 6.54 Å². The lowest BCUT2D eigenvalue weighted by molar-refractivity contribution is 0.0900. The Bertz CT molecular complexity index is 360. The topological polar surface area (TPSA) is 55.0 Å². The fraction of sp³-hybridized carbons (Fsp3) is 0.714. The zero-order chi connectivity index (χ0) is 13.0. The second-order valence-corrected chi connectivity index (χ2v) is 5.42. The molecule has 0 aromatic carbocycles. The maximum Gasteiger partial charge on any atom is 0.141 e. The molecule has 0 saturated carbocycles. The standard InChI is InChI=1S/C14H24N4/c1-3-14(4-2)5-7-18(8-6-14)11-12-9-17-13(15)10-16-12/h9-10H,3-8,11H2,1-2H3,(H2,15,17). The molecule has 1 saturated heterocycles. The molecule has 100 valence electrons. The lowest BCUT2D eigenvalue weighted by atomic mass is 9.74. The third-order valence-corrected chi connectivity index (χ3v) is 4.53. The van der Waals surface area contributed by atoms with Gasteiger partial charge in [-0.3, -0.25) is 9.88 Å². The average Bonchev–Trinajstić information content (AvgIpc) is 2.43. The molecule has 0 radical (unpaired) electrons. The van der Waals surface area contributed by atoms with Gasteiger partial charge in [-0.05, 0) is 31.3 Å². The minimum Gasteiger partial charge on any atom is -0.382 e. The Kier molecular flexibility index (Phi) is 4.17. The summed E-state index contributed by atoms with van der Waals surface area (Å²) in [6.45, 7) is 7.90. The Morgan fingerprint density at radius 3 is 2.33 bits per heavy atom. The molecule has 0 atom stereocenters. The molecule has 0 bridgehead atoms. The van der Waals surface area contributed by atoms with Crippen molar-refractivity contribution in [3.8, 4) is 0 Å². The predicted molar refractivity (Wildman–Crippen MR) is 74.0 cm³/mol. The number of piperidine rings is 1. The highest BCUT2D eigenvalue weighted by Crippen LogP contribution is 2.38. The second kappa shape index (κ2) is 5.65. The van der Waals surface area contributed by atoms with Gasteiger partial charge in [-0.25, -0.2) is 4.98 Å². The first-order valence-corrected chi connectivity index (χ1v) is 6.96. The van der Waals surface area contributed by atoms with Crippen molar-refractivity contribution in [2.24, 2.45) is 5.41 Å². The van der Waals surface area contributed by atoms with E-state index in [9.17, 15) is 0 Å². The van der Waals surface area contributed by atoms with E-state index in [0.29, 0.717) is 11.2 Å². The molecule has 0 aliphatic carbocycles. The van der Waals surface area contributed by atoms with E-state index in [1.807, 2.05) is 0 Å². The highest BCUT2D eigenvalue weighted by molar-refractivity contribution is 5.22. The summed E-state index contributed by atoms with van der Waals surface area (Å²) in [4.78, 5) is 10.9. The average molecular weight is 248 g/mol. The smallest absolute Gasteiger partial charge is 0.141 e. The van der Waals surface area contributed by atoms with Gasteiger partial charge in [0.25, 0.3) is 0 Å². The SMILES string of the molecule is CCC1(CC)CCN(Cc2cnc(N)cn2)CC1. The normalized spacial score (nSPS) is 19.9. The van der Waals surface area contributed by atoms with Crippen LogP contribution in [0.2, 0.25) is 0 Å².